The molecule has 0 radical (unpaired) electrons. The highest BCUT2D eigenvalue weighted by atomic mass is 32.2. The number of aromatic nitrogens is 3. The fourth-order valence-electron chi connectivity index (χ4n) is 2.71. The van der Waals surface area contributed by atoms with Crippen molar-refractivity contribution in [2.75, 3.05) is 13.4 Å². The molecular weight excluding hydrogens is 404 g/mol. The summed E-state index contributed by atoms with van der Waals surface area (Å²) in [6, 6.07) is 4.54. The molecule has 0 saturated heterocycles. The van der Waals surface area contributed by atoms with Gasteiger partial charge < -0.3 is 9.30 Å². The van der Waals surface area contributed by atoms with Crippen LogP contribution in [0.15, 0.2) is 34.3 Å². The van der Waals surface area contributed by atoms with Crippen LogP contribution in [-0.2, 0) is 33.0 Å². The first-order valence-corrected chi connectivity index (χ1v) is 10.8. The van der Waals surface area contributed by atoms with E-state index in [0.29, 0.717) is 21.5 Å². The zero-order valence-corrected chi connectivity index (χ0v) is 17.3. The van der Waals surface area contributed by atoms with E-state index in [2.05, 4.69) is 10.1 Å². The van der Waals surface area contributed by atoms with Crippen molar-refractivity contribution in [2.45, 2.75) is 18.4 Å². The molecule has 0 atom stereocenters. The molecule has 9 nitrogen and oxygen atoms in total. The average molecular weight is 422 g/mol. The fourth-order valence-corrected chi connectivity index (χ4v) is 4.50. The number of ether oxygens (including phenoxy) is 1. The first kappa shape index (κ1) is 20.0. The Morgan fingerprint density at radius 3 is 2.61 bits per heavy atom. The number of carbonyl (C=O) groups is 2. The maximum Gasteiger partial charge on any atom is 0.325 e. The minimum Gasteiger partial charge on any atom is -0.468 e. The summed E-state index contributed by atoms with van der Waals surface area (Å²) in [5, 5.41) is 4.04. The molecule has 0 aliphatic rings. The molecular formula is C17H18N4O5S2. The molecule has 1 aromatic carbocycles. The minimum atomic E-state index is -3.40. The smallest absolute Gasteiger partial charge is 0.325 e. The summed E-state index contributed by atoms with van der Waals surface area (Å²) >= 11 is 1.12. The number of amides is 1. The third kappa shape index (κ3) is 3.76. The van der Waals surface area contributed by atoms with Gasteiger partial charge in [0.25, 0.3) is 5.91 Å². The van der Waals surface area contributed by atoms with E-state index in [1.165, 1.54) is 28.5 Å². The van der Waals surface area contributed by atoms with Crippen molar-refractivity contribution in [1.29, 1.82) is 0 Å². The number of aryl methyl sites for hydroxylation is 2. The average Bonchev–Trinajstić information content (AvgIpc) is 3.13. The Bertz CT molecular complexity index is 1240. The van der Waals surface area contributed by atoms with Crippen molar-refractivity contribution in [3.63, 3.8) is 0 Å². The number of esters is 1. The lowest BCUT2D eigenvalue weighted by atomic mass is 10.3. The maximum atomic E-state index is 12.7. The van der Waals surface area contributed by atoms with Gasteiger partial charge in [-0.1, -0.05) is 11.3 Å². The number of benzene rings is 1. The summed E-state index contributed by atoms with van der Waals surface area (Å²) in [4.78, 5) is 29.1. The summed E-state index contributed by atoms with van der Waals surface area (Å²) in [5.41, 5.74) is 1.59. The summed E-state index contributed by atoms with van der Waals surface area (Å²) in [5.74, 6) is -1.02. The molecule has 1 amide bonds. The van der Waals surface area contributed by atoms with Crippen LogP contribution in [0.3, 0.4) is 0 Å². The summed E-state index contributed by atoms with van der Waals surface area (Å²) < 4.78 is 31.9. The number of nitrogens with zero attached hydrogens (tertiary/aromatic N) is 4. The van der Waals surface area contributed by atoms with Crippen LogP contribution < -0.4 is 4.80 Å². The van der Waals surface area contributed by atoms with E-state index < -0.39 is 21.7 Å². The largest absolute Gasteiger partial charge is 0.468 e. The highest BCUT2D eigenvalue weighted by molar-refractivity contribution is 7.90. The molecule has 0 aliphatic heterocycles. The SMILES string of the molecule is COC(=O)Cn1c(=NC(=O)c2c(C)cnn2C)sc2cc(S(C)(=O)=O)ccc21. The number of fused-ring (bicyclic) bond motifs is 1. The van der Waals surface area contributed by atoms with Crippen LogP contribution in [0.2, 0.25) is 0 Å². The Balaban J connectivity index is 2.23. The van der Waals surface area contributed by atoms with Crippen LogP contribution in [-0.4, -0.2) is 48.0 Å². The molecule has 11 heteroatoms. The maximum absolute atomic E-state index is 12.7. The van der Waals surface area contributed by atoms with E-state index >= 15 is 0 Å². The Morgan fingerprint density at radius 1 is 1.32 bits per heavy atom. The molecule has 0 aliphatic carbocycles. The van der Waals surface area contributed by atoms with Crippen molar-refractivity contribution in [3.8, 4) is 0 Å². The van der Waals surface area contributed by atoms with Crippen LogP contribution in [0.5, 0.6) is 0 Å². The Hall–Kier alpha value is -2.79. The molecule has 3 aromatic rings. The minimum absolute atomic E-state index is 0.145. The zero-order valence-electron chi connectivity index (χ0n) is 15.7. The fraction of sp³-hybridized carbons (Fsp3) is 0.294. The van der Waals surface area contributed by atoms with Crippen molar-refractivity contribution in [2.24, 2.45) is 12.0 Å². The lowest BCUT2D eigenvalue weighted by Gasteiger charge is -2.04. The van der Waals surface area contributed by atoms with Gasteiger partial charge in [0.15, 0.2) is 14.6 Å². The number of thiazole rings is 1. The Labute approximate surface area is 164 Å². The molecule has 0 fully saturated rings. The highest BCUT2D eigenvalue weighted by Gasteiger charge is 2.17. The highest BCUT2D eigenvalue weighted by Crippen LogP contribution is 2.22. The quantitative estimate of drug-likeness (QED) is 0.581. The predicted molar refractivity (Wildman–Crippen MR) is 103 cm³/mol. The molecule has 0 N–H and O–H groups in total. The van der Waals surface area contributed by atoms with E-state index in [1.807, 2.05) is 0 Å². The van der Waals surface area contributed by atoms with Gasteiger partial charge in [0.05, 0.1) is 28.4 Å². The van der Waals surface area contributed by atoms with Crippen molar-refractivity contribution < 1.29 is 22.7 Å². The second-order valence-corrected chi connectivity index (χ2v) is 9.19. The van der Waals surface area contributed by atoms with Crippen LogP contribution in [0.25, 0.3) is 10.2 Å². The Kier molecular flexibility index (Phi) is 5.22. The van der Waals surface area contributed by atoms with Gasteiger partial charge >= 0.3 is 5.97 Å². The van der Waals surface area contributed by atoms with Crippen molar-refractivity contribution in [1.82, 2.24) is 14.3 Å². The molecule has 0 saturated carbocycles. The van der Waals surface area contributed by atoms with Gasteiger partial charge in [0.1, 0.15) is 12.2 Å². The molecule has 0 unspecified atom stereocenters. The zero-order chi connectivity index (χ0) is 20.6. The topological polar surface area (TPSA) is 113 Å². The molecule has 2 aromatic heterocycles. The summed E-state index contributed by atoms with van der Waals surface area (Å²) in [6.45, 7) is 1.59. The van der Waals surface area contributed by atoms with E-state index in [0.717, 1.165) is 17.6 Å². The van der Waals surface area contributed by atoms with Crippen LogP contribution in [0.1, 0.15) is 16.1 Å². The van der Waals surface area contributed by atoms with E-state index in [-0.39, 0.29) is 16.2 Å². The van der Waals surface area contributed by atoms with Crippen molar-refractivity contribution in [3.05, 3.63) is 40.5 Å². The van der Waals surface area contributed by atoms with Gasteiger partial charge in [-0.05, 0) is 25.1 Å². The molecule has 0 spiro atoms. The number of hydrogen-bond acceptors (Lipinski definition) is 7. The second-order valence-electron chi connectivity index (χ2n) is 6.17. The van der Waals surface area contributed by atoms with Crippen molar-refractivity contribution >= 4 is 43.3 Å². The number of methoxy groups -OCH3 is 1. The third-order valence-corrected chi connectivity index (χ3v) is 6.27. The van der Waals surface area contributed by atoms with Gasteiger partial charge in [-0.15, -0.1) is 0 Å². The molecule has 148 valence electrons. The van der Waals surface area contributed by atoms with Gasteiger partial charge in [0, 0.05) is 18.9 Å². The predicted octanol–water partition coefficient (Wildman–Crippen LogP) is 1.06. The van der Waals surface area contributed by atoms with E-state index in [4.69, 9.17) is 4.74 Å². The van der Waals surface area contributed by atoms with Crippen LogP contribution >= 0.6 is 11.3 Å². The van der Waals surface area contributed by atoms with E-state index in [1.54, 1.807) is 26.2 Å². The van der Waals surface area contributed by atoms with Gasteiger partial charge in [0.2, 0.25) is 0 Å². The normalized spacial score (nSPS) is 12.5. The monoisotopic (exact) mass is 422 g/mol. The number of sulfone groups is 1. The second kappa shape index (κ2) is 7.32. The molecule has 28 heavy (non-hydrogen) atoms. The lowest BCUT2D eigenvalue weighted by molar-refractivity contribution is -0.141. The molecule has 2 heterocycles. The third-order valence-electron chi connectivity index (χ3n) is 4.12. The standard InChI is InChI=1S/C17H18N4O5S2/c1-10-8-18-20(2)15(10)16(23)19-17-21(9-14(22)26-3)12-6-5-11(28(4,24)25)7-13(12)27-17/h5-8H,9H2,1-4H3. The molecule has 3 rings (SSSR count). The summed E-state index contributed by atoms with van der Waals surface area (Å²) in [7, 11) is -0.494. The first-order valence-electron chi connectivity index (χ1n) is 8.09. The van der Waals surface area contributed by atoms with Crippen LogP contribution in [0, 0.1) is 6.92 Å². The lowest BCUT2D eigenvalue weighted by Crippen LogP contribution is -2.23. The Morgan fingerprint density at radius 2 is 2.04 bits per heavy atom. The van der Waals surface area contributed by atoms with E-state index in [9.17, 15) is 18.0 Å². The van der Waals surface area contributed by atoms with Gasteiger partial charge in [-0.25, -0.2) is 8.42 Å². The number of rotatable bonds is 4. The number of hydrogen-bond donors (Lipinski definition) is 0. The molecule has 0 bridgehead atoms. The number of carbonyl (C=O) groups excluding carboxylic acids is 2. The van der Waals surface area contributed by atoms with Crippen LogP contribution in [0.4, 0.5) is 0 Å². The van der Waals surface area contributed by atoms with Gasteiger partial charge in [-0.3, -0.25) is 14.3 Å². The first-order chi connectivity index (χ1) is 13.1. The summed E-state index contributed by atoms with van der Waals surface area (Å²) in [6.07, 6.45) is 2.68. The van der Waals surface area contributed by atoms with Gasteiger partial charge in [-0.2, -0.15) is 10.1 Å².